The van der Waals surface area contributed by atoms with Gasteiger partial charge in [0, 0.05) is 12.6 Å². The molecular formula is C13H17ClN4. The van der Waals surface area contributed by atoms with Gasteiger partial charge in [0.05, 0.1) is 17.2 Å². The molecule has 1 aromatic carbocycles. The molecule has 1 aromatic heterocycles. The molecule has 2 heterocycles. The second kappa shape index (κ2) is 5.98. The van der Waals surface area contributed by atoms with Crippen LogP contribution in [0.4, 0.5) is 5.82 Å². The van der Waals surface area contributed by atoms with Gasteiger partial charge in [0.2, 0.25) is 0 Å². The highest BCUT2D eigenvalue weighted by molar-refractivity contribution is 5.85. The number of anilines is 1. The molecule has 1 saturated heterocycles. The van der Waals surface area contributed by atoms with Gasteiger partial charge in [-0.1, -0.05) is 12.1 Å². The highest BCUT2D eigenvalue weighted by Crippen LogP contribution is 2.13. The van der Waals surface area contributed by atoms with Crippen molar-refractivity contribution < 1.29 is 0 Å². The smallest absolute Gasteiger partial charge is 0.145 e. The van der Waals surface area contributed by atoms with Crippen LogP contribution in [0.5, 0.6) is 0 Å². The molecule has 0 saturated carbocycles. The number of rotatable bonds is 2. The van der Waals surface area contributed by atoms with E-state index in [-0.39, 0.29) is 12.4 Å². The number of hydrogen-bond donors (Lipinski definition) is 2. The lowest BCUT2D eigenvalue weighted by atomic mass is 10.1. The number of piperidine rings is 1. The summed E-state index contributed by atoms with van der Waals surface area (Å²) >= 11 is 0. The van der Waals surface area contributed by atoms with Crippen LogP contribution >= 0.6 is 12.4 Å². The zero-order valence-electron chi connectivity index (χ0n) is 10.1. The first kappa shape index (κ1) is 13.1. The molecule has 1 fully saturated rings. The summed E-state index contributed by atoms with van der Waals surface area (Å²) < 4.78 is 0. The predicted molar refractivity (Wildman–Crippen MR) is 76.3 cm³/mol. The molecule has 1 atom stereocenters. The van der Waals surface area contributed by atoms with E-state index in [1.54, 1.807) is 0 Å². The summed E-state index contributed by atoms with van der Waals surface area (Å²) in [7, 11) is 0. The van der Waals surface area contributed by atoms with E-state index in [1.807, 2.05) is 30.5 Å². The fourth-order valence-electron chi connectivity index (χ4n) is 2.21. The molecular weight excluding hydrogens is 248 g/mol. The molecule has 4 nitrogen and oxygen atoms in total. The van der Waals surface area contributed by atoms with Crippen molar-refractivity contribution in [1.82, 2.24) is 15.3 Å². The van der Waals surface area contributed by atoms with E-state index in [1.165, 1.54) is 12.8 Å². The third-order valence-corrected chi connectivity index (χ3v) is 3.10. The number of benzene rings is 1. The largest absolute Gasteiger partial charge is 0.365 e. The van der Waals surface area contributed by atoms with Gasteiger partial charge in [-0.25, -0.2) is 4.98 Å². The monoisotopic (exact) mass is 264 g/mol. The van der Waals surface area contributed by atoms with Crippen LogP contribution in [0.15, 0.2) is 30.5 Å². The maximum Gasteiger partial charge on any atom is 0.145 e. The van der Waals surface area contributed by atoms with Crippen molar-refractivity contribution >= 4 is 29.3 Å². The third kappa shape index (κ3) is 2.89. The number of aromatic nitrogens is 2. The molecule has 0 radical (unpaired) electrons. The van der Waals surface area contributed by atoms with Crippen LogP contribution in [0, 0.1) is 0 Å². The second-order valence-electron chi connectivity index (χ2n) is 4.43. The van der Waals surface area contributed by atoms with Gasteiger partial charge in [-0.05, 0) is 31.5 Å². The molecule has 1 aliphatic heterocycles. The fraction of sp³-hybridized carbons (Fsp3) is 0.385. The Bertz CT molecular complexity index is 511. The molecule has 5 heteroatoms. The molecule has 0 bridgehead atoms. The van der Waals surface area contributed by atoms with Crippen LogP contribution in [0.25, 0.3) is 11.0 Å². The first-order valence-corrected chi connectivity index (χ1v) is 6.11. The van der Waals surface area contributed by atoms with E-state index in [0.29, 0.717) is 6.04 Å². The van der Waals surface area contributed by atoms with Crippen LogP contribution in [-0.2, 0) is 0 Å². The van der Waals surface area contributed by atoms with Gasteiger partial charge >= 0.3 is 0 Å². The third-order valence-electron chi connectivity index (χ3n) is 3.10. The summed E-state index contributed by atoms with van der Waals surface area (Å²) in [6.45, 7) is 2.14. The Kier molecular flexibility index (Phi) is 4.33. The number of hydrogen-bond acceptors (Lipinski definition) is 4. The number of nitrogens with zero attached hydrogens (tertiary/aromatic N) is 2. The summed E-state index contributed by atoms with van der Waals surface area (Å²) in [5.74, 6) is 0.873. The number of halogens is 1. The highest BCUT2D eigenvalue weighted by atomic mass is 35.5. The minimum absolute atomic E-state index is 0. The van der Waals surface area contributed by atoms with Gasteiger partial charge in [-0.3, -0.25) is 4.98 Å². The van der Waals surface area contributed by atoms with Gasteiger partial charge in [-0.15, -0.1) is 12.4 Å². The fourth-order valence-corrected chi connectivity index (χ4v) is 2.21. The number of nitrogens with one attached hydrogen (secondary N) is 2. The van der Waals surface area contributed by atoms with E-state index in [4.69, 9.17) is 0 Å². The van der Waals surface area contributed by atoms with E-state index in [2.05, 4.69) is 20.6 Å². The molecule has 0 spiro atoms. The predicted octanol–water partition coefficient (Wildman–Crippen LogP) is 2.22. The van der Waals surface area contributed by atoms with Crippen LogP contribution < -0.4 is 10.6 Å². The molecule has 1 aliphatic rings. The minimum Gasteiger partial charge on any atom is -0.365 e. The van der Waals surface area contributed by atoms with Gasteiger partial charge in [0.1, 0.15) is 5.82 Å². The lowest BCUT2D eigenvalue weighted by Gasteiger charge is -2.24. The van der Waals surface area contributed by atoms with E-state index >= 15 is 0 Å². The van der Waals surface area contributed by atoms with Crippen molar-refractivity contribution in [3.05, 3.63) is 30.5 Å². The van der Waals surface area contributed by atoms with Crippen molar-refractivity contribution in [2.24, 2.45) is 0 Å². The van der Waals surface area contributed by atoms with Crippen LogP contribution in [0.1, 0.15) is 12.8 Å². The van der Waals surface area contributed by atoms with E-state index in [0.717, 1.165) is 29.9 Å². The molecule has 3 rings (SSSR count). The van der Waals surface area contributed by atoms with Gasteiger partial charge in [-0.2, -0.15) is 0 Å². The quantitative estimate of drug-likeness (QED) is 0.873. The molecule has 0 aliphatic carbocycles. The maximum atomic E-state index is 4.57. The second-order valence-corrected chi connectivity index (χ2v) is 4.43. The van der Waals surface area contributed by atoms with E-state index in [9.17, 15) is 0 Å². The lowest BCUT2D eigenvalue weighted by molar-refractivity contribution is 0.479. The first-order valence-electron chi connectivity index (χ1n) is 6.11. The Hall–Kier alpha value is -1.39. The van der Waals surface area contributed by atoms with Gasteiger partial charge in [0.15, 0.2) is 0 Å². The SMILES string of the molecule is Cl.c1ccc2nc(N[C@@H]3CCCNC3)cnc2c1. The summed E-state index contributed by atoms with van der Waals surface area (Å²) in [6.07, 6.45) is 4.23. The summed E-state index contributed by atoms with van der Waals surface area (Å²) in [6, 6.07) is 8.41. The van der Waals surface area contributed by atoms with Crippen LogP contribution in [0.3, 0.4) is 0 Å². The van der Waals surface area contributed by atoms with Gasteiger partial charge in [0.25, 0.3) is 0 Å². The summed E-state index contributed by atoms with van der Waals surface area (Å²) in [5, 5.41) is 6.82. The van der Waals surface area contributed by atoms with Crippen molar-refractivity contribution in [3.8, 4) is 0 Å². The lowest BCUT2D eigenvalue weighted by Crippen LogP contribution is -2.38. The zero-order valence-corrected chi connectivity index (χ0v) is 10.9. The van der Waals surface area contributed by atoms with Crippen molar-refractivity contribution in [1.29, 1.82) is 0 Å². The molecule has 2 N–H and O–H groups in total. The first-order chi connectivity index (χ1) is 8.42. The highest BCUT2D eigenvalue weighted by Gasteiger charge is 2.13. The standard InChI is InChI=1S/C13H16N4.ClH/c1-2-6-12-11(5-1)15-9-13(17-12)16-10-4-3-7-14-8-10;/h1-2,5-6,9-10,14H,3-4,7-8H2,(H,16,17);1H/t10-;/m1./s1. The molecule has 18 heavy (non-hydrogen) atoms. The Morgan fingerprint density at radius 3 is 2.83 bits per heavy atom. The normalized spacial score (nSPS) is 19.2. The molecule has 96 valence electrons. The molecule has 0 unspecified atom stereocenters. The van der Waals surface area contributed by atoms with Crippen molar-refractivity contribution in [2.45, 2.75) is 18.9 Å². The van der Waals surface area contributed by atoms with E-state index < -0.39 is 0 Å². The average molecular weight is 265 g/mol. The Balaban J connectivity index is 0.00000120. The van der Waals surface area contributed by atoms with Crippen LogP contribution in [0.2, 0.25) is 0 Å². The summed E-state index contributed by atoms with van der Waals surface area (Å²) in [4.78, 5) is 8.97. The number of fused-ring (bicyclic) bond motifs is 1. The molecule has 2 aromatic rings. The Morgan fingerprint density at radius 2 is 2.06 bits per heavy atom. The molecule has 0 amide bonds. The number of para-hydroxylation sites is 2. The van der Waals surface area contributed by atoms with Gasteiger partial charge < -0.3 is 10.6 Å². The van der Waals surface area contributed by atoms with Crippen molar-refractivity contribution in [3.63, 3.8) is 0 Å². The zero-order chi connectivity index (χ0) is 11.5. The topological polar surface area (TPSA) is 49.8 Å². The Morgan fingerprint density at radius 1 is 1.22 bits per heavy atom. The minimum atomic E-state index is 0. The average Bonchev–Trinajstić information content (AvgIpc) is 2.40. The van der Waals surface area contributed by atoms with Crippen LogP contribution in [-0.4, -0.2) is 29.1 Å². The summed E-state index contributed by atoms with van der Waals surface area (Å²) in [5.41, 5.74) is 1.89. The Labute approximate surface area is 113 Å². The van der Waals surface area contributed by atoms with Crippen molar-refractivity contribution in [2.75, 3.05) is 18.4 Å². The maximum absolute atomic E-state index is 4.57.